The fourth-order valence-electron chi connectivity index (χ4n) is 0. The molecule has 0 aromatic carbocycles. The molecule has 32 valence electrons. The van der Waals surface area contributed by atoms with Gasteiger partial charge >= 0.3 is 9.75 Å². The second-order valence-corrected chi connectivity index (χ2v) is 2.23. The quantitative estimate of drug-likeness (QED) is 0.343. The molecule has 0 aliphatic rings. The molecule has 0 rings (SSSR count). The van der Waals surface area contributed by atoms with Crippen molar-refractivity contribution >= 4 is 20.9 Å². The van der Waals surface area contributed by atoms with E-state index in [0.717, 1.165) is 0 Å². The van der Waals surface area contributed by atoms with Crippen LogP contribution in [0.4, 0.5) is 11.7 Å². The molecule has 0 heterocycles. The van der Waals surface area contributed by atoms with E-state index in [4.69, 9.17) is 0 Å². The van der Waals surface area contributed by atoms with Gasteiger partial charge in [-0.25, -0.2) is 0 Å². The molecule has 5 heteroatoms. The van der Waals surface area contributed by atoms with Crippen LogP contribution in [-0.2, 0) is 20.9 Å². The highest BCUT2D eigenvalue weighted by Gasteiger charge is 2.19. The monoisotopic (exact) mass is 121 g/mol. The van der Waals surface area contributed by atoms with Gasteiger partial charge in [0.15, 0.2) is 0 Å². The number of hydrogen-bond donors (Lipinski definition) is 0. The van der Waals surface area contributed by atoms with E-state index >= 15 is 0 Å². The first-order valence-electron chi connectivity index (χ1n) is 0.630. The maximum atomic E-state index is 10.3. The molecule has 5 heavy (non-hydrogen) atoms. The second-order valence-electron chi connectivity index (χ2n) is 0.364. The van der Waals surface area contributed by atoms with Crippen molar-refractivity contribution in [2.45, 2.75) is 0 Å². The van der Waals surface area contributed by atoms with Crippen LogP contribution in [0.1, 0.15) is 0 Å². The van der Waals surface area contributed by atoms with Gasteiger partial charge in [-0.05, 0) is 0 Å². The Labute approximate surface area is 33.4 Å². The summed E-state index contributed by atoms with van der Waals surface area (Å²) in [5.74, 6) is 0. The summed E-state index contributed by atoms with van der Waals surface area (Å²) >= 11 is 2.91. The minimum Gasteiger partial charge on any atom is 0.0751 e. The van der Waals surface area contributed by atoms with Crippen molar-refractivity contribution in [3.8, 4) is 0 Å². The first-order valence-corrected chi connectivity index (χ1v) is 2.89. The highest BCUT2D eigenvalue weighted by atomic mass is 32.9. The molecule has 0 spiro atoms. The van der Waals surface area contributed by atoms with E-state index in [9.17, 15) is 11.7 Å². The molecule has 0 amide bonds. The first kappa shape index (κ1) is 5.36. The molecule has 0 radical (unpaired) electrons. The Hall–Kier alpha value is 0.360. The Kier molecular flexibility index (Phi) is 1.30. The van der Waals surface area contributed by atoms with Crippen LogP contribution < -0.4 is 0 Å². The largest absolute Gasteiger partial charge is 0.509 e. The fraction of sp³-hybridized carbons (Fsp3) is 0. The predicted octanol–water partition coefficient (Wildman–Crippen LogP) is 1.26. The molecule has 0 aliphatic carbocycles. The van der Waals surface area contributed by atoms with E-state index in [-0.39, 0.29) is 0 Å². The van der Waals surface area contributed by atoms with Crippen molar-refractivity contribution in [1.29, 1.82) is 0 Å². The van der Waals surface area contributed by atoms with Crippen LogP contribution in [0.3, 0.4) is 0 Å². The smallest absolute Gasteiger partial charge is 0.0751 e. The highest BCUT2D eigenvalue weighted by molar-refractivity contribution is 8.31. The van der Waals surface area contributed by atoms with E-state index in [2.05, 4.69) is 11.2 Å². The summed E-state index contributed by atoms with van der Waals surface area (Å²) < 4.78 is 30.8. The van der Waals surface area contributed by atoms with Gasteiger partial charge in [-0.2, -0.15) is 0 Å². The van der Waals surface area contributed by atoms with Gasteiger partial charge in [0.05, 0.1) is 11.7 Å². The van der Waals surface area contributed by atoms with E-state index < -0.39 is 9.75 Å². The van der Waals surface area contributed by atoms with Crippen molar-refractivity contribution < 1.29 is 11.7 Å². The number of rotatable bonds is 0. The lowest BCUT2D eigenvalue weighted by atomic mass is 18.8. The van der Waals surface area contributed by atoms with Crippen LogP contribution in [0.2, 0.25) is 0 Å². The zero-order valence-corrected chi connectivity index (χ0v) is 3.58. The van der Waals surface area contributed by atoms with E-state index in [1.807, 2.05) is 0 Å². The predicted molar refractivity (Wildman–Crippen MR) is 18.1 cm³/mol. The van der Waals surface area contributed by atoms with E-state index in [1.54, 1.807) is 0 Å². The van der Waals surface area contributed by atoms with E-state index in [0.29, 0.717) is 0 Å². The third-order valence-corrected chi connectivity index (χ3v) is 0. The van der Waals surface area contributed by atoms with Crippen LogP contribution in [-0.4, -0.2) is 0 Å². The molecule has 0 aromatic heterocycles. The lowest BCUT2D eigenvalue weighted by Gasteiger charge is -1.58. The Bertz CT molecular complexity index is 51.0. The molecule has 0 N–H and O–H groups in total. The molecule has 0 atom stereocenters. The lowest BCUT2D eigenvalue weighted by Crippen LogP contribution is -1.71. The number of hydrogen-bond acceptors (Lipinski definition) is 1. The molecular formula is F3S2+. The first-order chi connectivity index (χ1) is 2.00. The van der Waals surface area contributed by atoms with Gasteiger partial charge in [0.25, 0.3) is 11.2 Å². The number of halogens is 3. The van der Waals surface area contributed by atoms with Crippen LogP contribution >= 0.6 is 0 Å². The fourth-order valence-corrected chi connectivity index (χ4v) is 0. The van der Waals surface area contributed by atoms with Gasteiger partial charge in [0, 0.05) is 0 Å². The molecule has 0 unspecified atom stereocenters. The van der Waals surface area contributed by atoms with Crippen LogP contribution in [0, 0.1) is 0 Å². The van der Waals surface area contributed by atoms with Gasteiger partial charge in [-0.3, -0.25) is 0 Å². The average molecular weight is 121 g/mol. The second kappa shape index (κ2) is 1.22. The zero-order valence-electron chi connectivity index (χ0n) is 1.95. The van der Waals surface area contributed by atoms with Crippen LogP contribution in [0.25, 0.3) is 0 Å². The van der Waals surface area contributed by atoms with Gasteiger partial charge in [0.2, 0.25) is 0 Å². The Morgan fingerprint density at radius 2 is 1.20 bits per heavy atom. The molecule has 0 aromatic rings. The highest BCUT2D eigenvalue weighted by Crippen LogP contribution is 2.07. The molecule has 0 saturated heterocycles. The van der Waals surface area contributed by atoms with Gasteiger partial charge in [0.1, 0.15) is 0 Å². The summed E-state index contributed by atoms with van der Waals surface area (Å²) in [7, 11) is -5.08. The standard InChI is InChI=1S/F3S2/c1-5(2,3)4/q+1. The summed E-state index contributed by atoms with van der Waals surface area (Å²) in [6, 6.07) is 0. The van der Waals surface area contributed by atoms with E-state index in [1.165, 1.54) is 0 Å². The average Bonchev–Trinajstić information content (AvgIpc) is 0.722. The minimum absolute atomic E-state index is 2.91. The topological polar surface area (TPSA) is 0 Å². The van der Waals surface area contributed by atoms with Crippen molar-refractivity contribution in [3.05, 3.63) is 0 Å². The minimum atomic E-state index is -5.08. The summed E-state index contributed by atoms with van der Waals surface area (Å²) in [4.78, 5) is 0. The molecule has 0 bridgehead atoms. The summed E-state index contributed by atoms with van der Waals surface area (Å²) in [5, 5.41) is 0. The lowest BCUT2D eigenvalue weighted by molar-refractivity contribution is 0.658. The van der Waals surface area contributed by atoms with Crippen molar-refractivity contribution in [2.75, 3.05) is 0 Å². The molecule has 0 aliphatic heterocycles. The summed E-state index contributed by atoms with van der Waals surface area (Å²) in [6.45, 7) is 0. The summed E-state index contributed by atoms with van der Waals surface area (Å²) in [6.07, 6.45) is 0. The Morgan fingerprint density at radius 3 is 1.20 bits per heavy atom. The maximum Gasteiger partial charge on any atom is 0.509 e. The SMILES string of the molecule is F[S+](F)(F)=S. The molecular weight excluding hydrogens is 121 g/mol. The molecule has 0 saturated carbocycles. The van der Waals surface area contributed by atoms with Crippen LogP contribution in [0.15, 0.2) is 0 Å². The van der Waals surface area contributed by atoms with Crippen molar-refractivity contribution in [2.24, 2.45) is 0 Å². The molecule has 0 nitrogen and oxygen atoms in total. The van der Waals surface area contributed by atoms with Crippen molar-refractivity contribution in [3.63, 3.8) is 0 Å². The third-order valence-electron chi connectivity index (χ3n) is 0. The zero-order chi connectivity index (χ0) is 4.50. The van der Waals surface area contributed by atoms with Gasteiger partial charge in [-0.1, -0.05) is 0 Å². The van der Waals surface area contributed by atoms with Crippen molar-refractivity contribution in [1.82, 2.24) is 0 Å². The summed E-state index contributed by atoms with van der Waals surface area (Å²) in [5.41, 5.74) is 0. The van der Waals surface area contributed by atoms with Gasteiger partial charge in [-0.15, -0.1) is 0 Å². The Morgan fingerprint density at radius 1 is 1.20 bits per heavy atom. The normalized spacial score (nSPS) is 11.8. The third kappa shape index (κ3) is 187. The Balaban J connectivity index is 3.47. The molecule has 0 fully saturated rings. The maximum absolute atomic E-state index is 10.3. The van der Waals surface area contributed by atoms with Crippen LogP contribution in [0.5, 0.6) is 0 Å². The van der Waals surface area contributed by atoms with Gasteiger partial charge < -0.3 is 0 Å².